The third-order valence-corrected chi connectivity index (χ3v) is 12.9. The number of aliphatic hydroxyl groups excluding tert-OH is 3. The van der Waals surface area contributed by atoms with Crippen LogP contribution in [0.25, 0.3) is 22.3 Å². The quantitative estimate of drug-likeness (QED) is 0.0691. The smallest absolute Gasteiger partial charge is 0.397 e. The SMILES string of the molecule is COC(=O)[C@H](CCNC(=O)C1OC(OC2C(O)C(COS(=O)(=O)O)OC(OC(C)(C)C)C2NC(C)=O)C(O)C(O)C1OC(C)(C)C)NC(=O)n1ccc2c(-c3cnn([C@H](C(C)C#N)C4CCCC4)c3)ncnc21. The third kappa shape index (κ3) is 14.3. The second-order valence-electron chi connectivity index (χ2n) is 20.3. The maximum absolute atomic E-state index is 14.1. The predicted molar refractivity (Wildman–Crippen MR) is 253 cm³/mol. The molecule has 5 heterocycles. The zero-order chi connectivity index (χ0) is 53.7. The number of aromatic nitrogens is 5. The Morgan fingerprint density at radius 3 is 2.27 bits per heavy atom. The summed E-state index contributed by atoms with van der Waals surface area (Å²) in [7, 11) is -3.94. The van der Waals surface area contributed by atoms with Crippen molar-refractivity contribution >= 4 is 45.2 Å². The number of nitrogens with one attached hydrogen (secondary N) is 3. The molecule has 11 unspecified atom stereocenters. The predicted octanol–water partition coefficient (Wildman–Crippen LogP) is 1.03. The zero-order valence-corrected chi connectivity index (χ0v) is 42.9. The number of rotatable bonds is 18. The molecule has 0 spiro atoms. The van der Waals surface area contributed by atoms with Gasteiger partial charge in [-0.15, -0.1) is 0 Å². The second kappa shape index (κ2) is 23.5. The van der Waals surface area contributed by atoms with Crippen LogP contribution in [0.15, 0.2) is 31.0 Å². The van der Waals surface area contributed by atoms with Crippen LogP contribution in [0.1, 0.15) is 93.5 Å². The molecule has 404 valence electrons. The summed E-state index contributed by atoms with van der Waals surface area (Å²) in [5, 5.41) is 57.2. The number of carbonyl (C=O) groups excluding carboxylic acids is 4. The average Bonchev–Trinajstić information content (AvgIpc) is 4.11. The number of ether oxygens (including phenoxy) is 6. The minimum atomic E-state index is -5.05. The maximum atomic E-state index is 14.1. The minimum absolute atomic E-state index is 0.126. The molecule has 2 saturated heterocycles. The first kappa shape index (κ1) is 57.0. The first-order valence-corrected chi connectivity index (χ1v) is 25.2. The van der Waals surface area contributed by atoms with Crippen molar-refractivity contribution in [2.24, 2.45) is 11.8 Å². The number of aliphatic hydroxyl groups is 3. The number of amides is 3. The molecule has 1 saturated carbocycles. The highest BCUT2D eigenvalue weighted by atomic mass is 32.3. The Morgan fingerprint density at radius 2 is 1.66 bits per heavy atom. The molecule has 3 fully saturated rings. The van der Waals surface area contributed by atoms with Crippen molar-refractivity contribution in [1.29, 1.82) is 5.26 Å². The van der Waals surface area contributed by atoms with E-state index in [1.54, 1.807) is 53.8 Å². The van der Waals surface area contributed by atoms with Crippen molar-refractivity contribution < 1.29 is 80.1 Å². The molecule has 2 aliphatic heterocycles. The van der Waals surface area contributed by atoms with Crippen molar-refractivity contribution in [2.75, 3.05) is 20.3 Å². The largest absolute Gasteiger partial charge is 0.467 e. The van der Waals surface area contributed by atoms with Crippen LogP contribution in [0.3, 0.4) is 0 Å². The van der Waals surface area contributed by atoms with Crippen molar-refractivity contribution in [3.63, 3.8) is 0 Å². The molecule has 0 radical (unpaired) electrons. The number of hydrogen-bond acceptors (Lipinski definition) is 20. The topological polar surface area (TPSA) is 356 Å². The average molecular weight is 1050 g/mol. The lowest BCUT2D eigenvalue weighted by molar-refractivity contribution is -0.350. The lowest BCUT2D eigenvalue weighted by atomic mass is 9.89. The van der Waals surface area contributed by atoms with Crippen LogP contribution < -0.4 is 16.0 Å². The Balaban J connectivity index is 1.19. The van der Waals surface area contributed by atoms with Crippen molar-refractivity contribution in [1.82, 2.24) is 40.3 Å². The van der Waals surface area contributed by atoms with Gasteiger partial charge in [-0.2, -0.15) is 18.8 Å². The van der Waals surface area contributed by atoms with E-state index in [4.69, 9.17) is 28.4 Å². The van der Waals surface area contributed by atoms with Gasteiger partial charge in [0.25, 0.3) is 5.91 Å². The summed E-state index contributed by atoms with van der Waals surface area (Å²) in [5.41, 5.74) is -0.699. The molecular formula is C46H67N9O17S. The van der Waals surface area contributed by atoms with Gasteiger partial charge in [0.2, 0.25) is 5.91 Å². The summed E-state index contributed by atoms with van der Waals surface area (Å²) < 4.78 is 74.7. The molecule has 0 bridgehead atoms. The zero-order valence-electron chi connectivity index (χ0n) is 42.1. The normalized spacial score (nSPS) is 27.4. The van der Waals surface area contributed by atoms with Crippen LogP contribution in [0.4, 0.5) is 4.79 Å². The Hall–Kier alpha value is -5.25. The van der Waals surface area contributed by atoms with E-state index in [9.17, 15) is 52.7 Å². The second-order valence-corrected chi connectivity index (χ2v) is 21.4. The highest BCUT2D eigenvalue weighted by Gasteiger charge is 2.55. The number of esters is 1. The van der Waals surface area contributed by atoms with Gasteiger partial charge in [-0.3, -0.25) is 23.4 Å². The number of fused-ring (bicyclic) bond motifs is 1. The number of nitriles is 1. The molecule has 27 heteroatoms. The van der Waals surface area contributed by atoms with Gasteiger partial charge in [-0.1, -0.05) is 12.8 Å². The molecule has 3 amide bonds. The number of hydrogen-bond donors (Lipinski definition) is 7. The monoisotopic (exact) mass is 1050 g/mol. The van der Waals surface area contributed by atoms with Gasteiger partial charge in [0, 0.05) is 36.8 Å². The number of carbonyl (C=O) groups is 4. The molecule has 6 rings (SSSR count). The third-order valence-electron chi connectivity index (χ3n) is 12.5. The van der Waals surface area contributed by atoms with E-state index >= 15 is 0 Å². The van der Waals surface area contributed by atoms with E-state index in [2.05, 4.69) is 41.3 Å². The van der Waals surface area contributed by atoms with Crippen LogP contribution in [0.2, 0.25) is 0 Å². The van der Waals surface area contributed by atoms with Crippen LogP contribution in [0, 0.1) is 23.2 Å². The summed E-state index contributed by atoms with van der Waals surface area (Å²) in [6, 6.07) is 0.361. The summed E-state index contributed by atoms with van der Waals surface area (Å²) in [5.74, 6) is -2.45. The molecule has 26 nitrogen and oxygen atoms in total. The summed E-state index contributed by atoms with van der Waals surface area (Å²) >= 11 is 0. The standard InChI is InChI=1S/C46H67N9O17S/c1-23(18-47)32(25-12-10-11-13-25)55-20-26(19-51-55)30-27-15-17-54(39(27)50-22-49-30)44(62)53-28(41(61)66-9)14-16-48-40(60)38-37(71-45(3,4)5)34(58)35(59)43(70-38)69-36-31(52-24(2)56)42(72-46(6,7)8)68-29(33(36)57)21-67-73(63,64)65/h15,17,19-20,22-23,25,28-29,31-38,42-43,57-59H,10-14,16,21H2,1-9H3,(H,48,60)(H,52,56)(H,53,62)(H,63,64,65)/t23?,28-,29?,31?,32+,33?,34?,35?,36?,37?,38?,42?,43?/m0/s1. The van der Waals surface area contributed by atoms with Crippen LogP contribution in [-0.2, 0) is 57.4 Å². The van der Waals surface area contributed by atoms with Gasteiger partial charge in [0.05, 0.1) is 54.8 Å². The van der Waals surface area contributed by atoms with Crippen LogP contribution >= 0.6 is 0 Å². The molecule has 13 atom stereocenters. The summed E-state index contributed by atoms with van der Waals surface area (Å²) in [6.45, 7) is 11.5. The first-order valence-electron chi connectivity index (χ1n) is 23.9. The maximum Gasteiger partial charge on any atom is 0.397 e. The van der Waals surface area contributed by atoms with Gasteiger partial charge in [-0.05, 0) is 79.7 Å². The van der Waals surface area contributed by atoms with Gasteiger partial charge in [0.15, 0.2) is 24.3 Å². The van der Waals surface area contributed by atoms with E-state index in [1.807, 2.05) is 17.8 Å². The molecule has 3 aromatic rings. The Morgan fingerprint density at radius 1 is 0.973 bits per heavy atom. The molecular weight excluding hydrogens is 983 g/mol. The van der Waals surface area contributed by atoms with Gasteiger partial charge in [-0.25, -0.2) is 23.7 Å². The first-order chi connectivity index (χ1) is 34.2. The molecule has 1 aliphatic carbocycles. The van der Waals surface area contributed by atoms with Gasteiger partial charge >= 0.3 is 22.4 Å². The lowest BCUT2D eigenvalue weighted by Crippen LogP contribution is -2.69. The van der Waals surface area contributed by atoms with Crippen LogP contribution in [0.5, 0.6) is 0 Å². The van der Waals surface area contributed by atoms with Crippen molar-refractivity contribution in [2.45, 2.75) is 172 Å². The minimum Gasteiger partial charge on any atom is -0.467 e. The van der Waals surface area contributed by atoms with E-state index < -0.39 is 119 Å². The molecule has 0 aromatic carbocycles. The summed E-state index contributed by atoms with van der Waals surface area (Å²) in [4.78, 5) is 62.5. The van der Waals surface area contributed by atoms with E-state index in [-0.39, 0.29) is 30.6 Å². The van der Waals surface area contributed by atoms with Gasteiger partial charge < -0.3 is 59.7 Å². The number of methoxy groups -OCH3 is 1. The Bertz CT molecular complexity index is 2570. The fraction of sp³-hybridized carbons (Fsp3) is 0.696. The van der Waals surface area contributed by atoms with E-state index in [0.717, 1.165) is 39.7 Å². The van der Waals surface area contributed by atoms with Crippen molar-refractivity contribution in [3.05, 3.63) is 31.0 Å². The van der Waals surface area contributed by atoms with E-state index in [0.29, 0.717) is 22.6 Å². The summed E-state index contributed by atoms with van der Waals surface area (Å²) in [6.07, 6.45) is -5.76. The molecule has 3 aromatic heterocycles. The van der Waals surface area contributed by atoms with Crippen molar-refractivity contribution in [3.8, 4) is 17.3 Å². The lowest BCUT2D eigenvalue weighted by Gasteiger charge is -2.49. The molecule has 3 aliphatic rings. The van der Waals surface area contributed by atoms with Gasteiger partial charge in [0.1, 0.15) is 55.0 Å². The number of nitrogens with zero attached hydrogens (tertiary/aromatic N) is 6. The molecule has 73 heavy (non-hydrogen) atoms. The highest BCUT2D eigenvalue weighted by Crippen LogP contribution is 2.39. The fourth-order valence-corrected chi connectivity index (χ4v) is 9.62. The van der Waals surface area contributed by atoms with Crippen LogP contribution in [-0.4, -0.2) is 175 Å². The Kier molecular flexibility index (Phi) is 18.4. The molecule has 7 N–H and O–H groups in total. The fourth-order valence-electron chi connectivity index (χ4n) is 9.31. The Labute approximate surface area is 422 Å². The van der Waals surface area contributed by atoms with E-state index in [1.165, 1.54) is 17.1 Å². The highest BCUT2D eigenvalue weighted by molar-refractivity contribution is 7.80.